The van der Waals surface area contributed by atoms with Crippen molar-refractivity contribution < 1.29 is 14.3 Å². The number of halogens is 1. The third-order valence-electron chi connectivity index (χ3n) is 3.21. The van der Waals surface area contributed by atoms with E-state index in [1.54, 1.807) is 37.3 Å². The lowest BCUT2D eigenvalue weighted by Crippen LogP contribution is -2.12. The summed E-state index contributed by atoms with van der Waals surface area (Å²) in [5.41, 5.74) is 2.13. The number of amides is 1. The number of anilines is 1. The second-order valence-electron chi connectivity index (χ2n) is 4.98. The van der Waals surface area contributed by atoms with Crippen LogP contribution in [0.2, 0.25) is 5.02 Å². The van der Waals surface area contributed by atoms with Crippen molar-refractivity contribution in [2.45, 2.75) is 19.8 Å². The van der Waals surface area contributed by atoms with E-state index in [1.165, 1.54) is 0 Å². The lowest BCUT2D eigenvalue weighted by Gasteiger charge is -2.07. The van der Waals surface area contributed by atoms with Crippen LogP contribution >= 0.6 is 11.6 Å². The summed E-state index contributed by atoms with van der Waals surface area (Å²) in [7, 11) is 0. The molecule has 0 saturated heterocycles. The molecule has 5 heteroatoms. The van der Waals surface area contributed by atoms with Crippen LogP contribution in [0.5, 0.6) is 0 Å². The molecule has 2 aromatic carbocycles. The summed E-state index contributed by atoms with van der Waals surface area (Å²) in [6.07, 6.45) is 0.979. The van der Waals surface area contributed by atoms with Crippen LogP contribution < -0.4 is 5.32 Å². The first-order valence-corrected chi connectivity index (χ1v) is 7.77. The Kier molecular flexibility index (Phi) is 6.18. The summed E-state index contributed by atoms with van der Waals surface area (Å²) in [4.78, 5) is 23.5. The molecule has 2 rings (SSSR count). The van der Waals surface area contributed by atoms with Gasteiger partial charge < -0.3 is 10.1 Å². The average molecular weight is 332 g/mol. The van der Waals surface area contributed by atoms with Gasteiger partial charge in [-0.2, -0.15) is 0 Å². The monoisotopic (exact) mass is 331 g/mol. The molecule has 0 unspecified atom stereocenters. The third-order valence-corrected chi connectivity index (χ3v) is 3.44. The molecule has 0 bridgehead atoms. The Morgan fingerprint density at radius 2 is 1.87 bits per heavy atom. The Hall–Kier alpha value is -2.33. The third kappa shape index (κ3) is 5.42. The number of carbonyl (C=O) groups excluding carboxylic acids is 2. The minimum absolute atomic E-state index is 0.0890. The molecule has 1 amide bonds. The van der Waals surface area contributed by atoms with Gasteiger partial charge in [0, 0.05) is 17.1 Å². The Bertz CT molecular complexity index is 683. The number of hydrogen-bond acceptors (Lipinski definition) is 3. The van der Waals surface area contributed by atoms with Gasteiger partial charge in [0.05, 0.1) is 12.2 Å². The Morgan fingerprint density at radius 3 is 2.52 bits per heavy atom. The van der Waals surface area contributed by atoms with E-state index in [0.29, 0.717) is 35.7 Å². The summed E-state index contributed by atoms with van der Waals surface area (Å²) in [6.45, 7) is 2.09. The fourth-order valence-corrected chi connectivity index (χ4v) is 2.29. The second-order valence-corrected chi connectivity index (χ2v) is 5.41. The highest BCUT2D eigenvalue weighted by Crippen LogP contribution is 2.14. The van der Waals surface area contributed by atoms with E-state index in [4.69, 9.17) is 16.3 Å². The molecule has 0 fully saturated rings. The lowest BCUT2D eigenvalue weighted by atomic mass is 10.1. The molecule has 0 radical (unpaired) electrons. The maximum atomic E-state index is 12.0. The molecule has 23 heavy (non-hydrogen) atoms. The Balaban J connectivity index is 1.86. The van der Waals surface area contributed by atoms with Gasteiger partial charge in [0.15, 0.2) is 0 Å². The number of carbonyl (C=O) groups is 2. The summed E-state index contributed by atoms with van der Waals surface area (Å²) in [5, 5.41) is 3.47. The normalized spacial score (nSPS) is 10.2. The van der Waals surface area contributed by atoms with Crippen LogP contribution in [0.3, 0.4) is 0 Å². The highest BCUT2D eigenvalue weighted by atomic mass is 35.5. The standard InChI is InChI=1S/C18H18ClNO3/c1-2-23-18(22)14-7-9-16(10-8-14)20-17(21)11-6-13-4-3-5-15(19)12-13/h3-5,7-10,12H,2,6,11H2,1H3,(H,20,21). The van der Waals surface area contributed by atoms with E-state index in [9.17, 15) is 9.59 Å². The molecule has 120 valence electrons. The minimum atomic E-state index is -0.369. The van der Waals surface area contributed by atoms with Gasteiger partial charge in [-0.3, -0.25) is 4.79 Å². The molecule has 4 nitrogen and oxygen atoms in total. The quantitative estimate of drug-likeness (QED) is 0.811. The first-order chi connectivity index (χ1) is 11.1. The van der Waals surface area contributed by atoms with E-state index in [-0.39, 0.29) is 11.9 Å². The molecule has 0 aliphatic rings. The second kappa shape index (κ2) is 8.34. The largest absolute Gasteiger partial charge is 0.462 e. The molecule has 0 heterocycles. The number of rotatable bonds is 6. The van der Waals surface area contributed by atoms with Crippen LogP contribution in [0.4, 0.5) is 5.69 Å². The van der Waals surface area contributed by atoms with Gasteiger partial charge in [-0.15, -0.1) is 0 Å². The molecule has 0 saturated carbocycles. The van der Waals surface area contributed by atoms with Gasteiger partial charge >= 0.3 is 5.97 Å². The zero-order chi connectivity index (χ0) is 16.7. The van der Waals surface area contributed by atoms with Crippen molar-refractivity contribution in [2.24, 2.45) is 0 Å². The highest BCUT2D eigenvalue weighted by Gasteiger charge is 2.07. The van der Waals surface area contributed by atoms with Crippen molar-refractivity contribution in [1.29, 1.82) is 0 Å². The number of ether oxygens (including phenoxy) is 1. The number of hydrogen-bond donors (Lipinski definition) is 1. The van der Waals surface area contributed by atoms with Gasteiger partial charge in [0.2, 0.25) is 5.91 Å². The maximum Gasteiger partial charge on any atom is 0.338 e. The number of benzene rings is 2. The van der Waals surface area contributed by atoms with Crippen LogP contribution in [-0.2, 0) is 16.0 Å². The summed E-state index contributed by atoms with van der Waals surface area (Å²) in [6, 6.07) is 14.1. The molecule has 0 aliphatic heterocycles. The van der Waals surface area contributed by atoms with E-state index in [2.05, 4.69) is 5.32 Å². The first kappa shape index (κ1) is 17.0. The molecule has 0 aliphatic carbocycles. The number of aryl methyl sites for hydroxylation is 1. The van der Waals surface area contributed by atoms with Crippen molar-refractivity contribution in [1.82, 2.24) is 0 Å². The van der Waals surface area contributed by atoms with E-state index in [0.717, 1.165) is 5.56 Å². The zero-order valence-electron chi connectivity index (χ0n) is 12.8. The molecular formula is C18H18ClNO3. The van der Waals surface area contributed by atoms with E-state index in [1.807, 2.05) is 18.2 Å². The Morgan fingerprint density at radius 1 is 1.13 bits per heavy atom. The smallest absolute Gasteiger partial charge is 0.338 e. The van der Waals surface area contributed by atoms with Gasteiger partial charge in [-0.1, -0.05) is 23.7 Å². The highest BCUT2D eigenvalue weighted by molar-refractivity contribution is 6.30. The predicted molar refractivity (Wildman–Crippen MR) is 90.8 cm³/mol. The summed E-state index contributed by atoms with van der Waals surface area (Å²) >= 11 is 5.91. The van der Waals surface area contributed by atoms with Gasteiger partial charge in [0.25, 0.3) is 0 Å². The topological polar surface area (TPSA) is 55.4 Å². The fourth-order valence-electron chi connectivity index (χ4n) is 2.08. The van der Waals surface area contributed by atoms with Crippen molar-refractivity contribution in [3.8, 4) is 0 Å². The average Bonchev–Trinajstić information content (AvgIpc) is 2.54. The first-order valence-electron chi connectivity index (χ1n) is 7.40. The van der Waals surface area contributed by atoms with Crippen molar-refractivity contribution in [3.63, 3.8) is 0 Å². The molecule has 0 atom stereocenters. The SMILES string of the molecule is CCOC(=O)c1ccc(NC(=O)CCc2cccc(Cl)c2)cc1. The molecule has 0 aromatic heterocycles. The molecule has 2 aromatic rings. The lowest BCUT2D eigenvalue weighted by molar-refractivity contribution is -0.116. The van der Waals surface area contributed by atoms with Crippen LogP contribution in [0.15, 0.2) is 48.5 Å². The van der Waals surface area contributed by atoms with Crippen LogP contribution in [-0.4, -0.2) is 18.5 Å². The predicted octanol–water partition coefficient (Wildman–Crippen LogP) is 4.09. The molecule has 0 spiro atoms. The zero-order valence-corrected chi connectivity index (χ0v) is 13.6. The van der Waals surface area contributed by atoms with E-state index >= 15 is 0 Å². The number of nitrogens with one attached hydrogen (secondary N) is 1. The maximum absolute atomic E-state index is 12.0. The Labute approximate surface area is 140 Å². The van der Waals surface area contributed by atoms with Gasteiger partial charge in [0.1, 0.15) is 0 Å². The molecular weight excluding hydrogens is 314 g/mol. The van der Waals surface area contributed by atoms with Crippen LogP contribution in [0, 0.1) is 0 Å². The van der Waals surface area contributed by atoms with Crippen molar-refractivity contribution >= 4 is 29.2 Å². The van der Waals surface area contributed by atoms with Gasteiger partial charge in [-0.05, 0) is 55.3 Å². The van der Waals surface area contributed by atoms with Crippen LogP contribution in [0.1, 0.15) is 29.3 Å². The number of esters is 1. The van der Waals surface area contributed by atoms with Gasteiger partial charge in [-0.25, -0.2) is 4.79 Å². The fraction of sp³-hybridized carbons (Fsp3) is 0.222. The minimum Gasteiger partial charge on any atom is -0.462 e. The van der Waals surface area contributed by atoms with Crippen LogP contribution in [0.25, 0.3) is 0 Å². The summed E-state index contributed by atoms with van der Waals surface area (Å²) < 4.78 is 4.91. The van der Waals surface area contributed by atoms with Crippen molar-refractivity contribution in [2.75, 3.05) is 11.9 Å². The van der Waals surface area contributed by atoms with E-state index < -0.39 is 0 Å². The molecule has 1 N–H and O–H groups in total. The van der Waals surface area contributed by atoms with Crippen molar-refractivity contribution in [3.05, 3.63) is 64.7 Å². The summed E-state index contributed by atoms with van der Waals surface area (Å²) in [5.74, 6) is -0.458.